The Bertz CT molecular complexity index is 888. The number of rotatable bonds is 6. The Balaban J connectivity index is 1.61. The molecule has 0 N–H and O–H groups in total. The number of tetrazole rings is 1. The Morgan fingerprint density at radius 1 is 1.12 bits per heavy atom. The maximum atomic E-state index is 12.6. The molecular weight excluding hydrogens is 326 g/mol. The Hall–Kier alpha value is -3.02. The molecule has 1 amide bonds. The van der Waals surface area contributed by atoms with Crippen LogP contribution in [0.25, 0.3) is 5.69 Å². The van der Waals surface area contributed by atoms with Crippen LogP contribution in [-0.2, 0) is 11.2 Å². The highest BCUT2D eigenvalue weighted by Crippen LogP contribution is 2.21. The van der Waals surface area contributed by atoms with Crippen LogP contribution in [0, 0.1) is 13.8 Å². The molecular formula is C20H23N5O. The first kappa shape index (κ1) is 17.8. The first-order chi connectivity index (χ1) is 12.6. The number of amides is 1. The van der Waals surface area contributed by atoms with Crippen LogP contribution in [0.2, 0.25) is 0 Å². The van der Waals surface area contributed by atoms with Crippen molar-refractivity contribution in [2.75, 3.05) is 11.9 Å². The molecule has 1 heterocycles. The summed E-state index contributed by atoms with van der Waals surface area (Å²) >= 11 is 0. The van der Waals surface area contributed by atoms with Crippen molar-refractivity contribution >= 4 is 11.6 Å². The van der Waals surface area contributed by atoms with Crippen LogP contribution in [0.3, 0.4) is 0 Å². The predicted octanol–water partition coefficient (Wildman–Crippen LogP) is 3.26. The quantitative estimate of drug-likeness (QED) is 0.685. The highest BCUT2D eigenvalue weighted by molar-refractivity contribution is 5.93. The minimum Gasteiger partial charge on any atom is -0.315 e. The van der Waals surface area contributed by atoms with E-state index in [-0.39, 0.29) is 5.91 Å². The van der Waals surface area contributed by atoms with Crippen molar-refractivity contribution in [1.29, 1.82) is 0 Å². The van der Waals surface area contributed by atoms with Gasteiger partial charge in [-0.15, -0.1) is 5.10 Å². The van der Waals surface area contributed by atoms with E-state index in [2.05, 4.69) is 21.6 Å². The number of para-hydroxylation sites is 1. The van der Waals surface area contributed by atoms with Crippen molar-refractivity contribution in [2.24, 2.45) is 0 Å². The van der Waals surface area contributed by atoms with Crippen LogP contribution >= 0.6 is 0 Å². The first-order valence-electron chi connectivity index (χ1n) is 8.73. The van der Waals surface area contributed by atoms with Crippen LogP contribution in [0.1, 0.15) is 29.8 Å². The summed E-state index contributed by atoms with van der Waals surface area (Å²) in [5.41, 5.74) is 4.13. The van der Waals surface area contributed by atoms with Crippen molar-refractivity contribution in [2.45, 2.75) is 33.1 Å². The highest BCUT2D eigenvalue weighted by atomic mass is 16.2. The molecule has 0 radical (unpaired) electrons. The molecule has 6 heteroatoms. The summed E-state index contributed by atoms with van der Waals surface area (Å²) in [4.78, 5) is 14.3. The molecule has 6 nitrogen and oxygen atoms in total. The second-order valence-corrected chi connectivity index (χ2v) is 6.44. The maximum Gasteiger partial charge on any atom is 0.226 e. The average Bonchev–Trinajstić information content (AvgIpc) is 3.12. The topological polar surface area (TPSA) is 63.9 Å². The van der Waals surface area contributed by atoms with Crippen LogP contribution in [-0.4, -0.2) is 33.2 Å². The molecule has 2 aromatic carbocycles. The Morgan fingerprint density at radius 2 is 1.88 bits per heavy atom. The predicted molar refractivity (Wildman–Crippen MR) is 101 cm³/mol. The molecule has 1 aromatic heterocycles. The van der Waals surface area contributed by atoms with Crippen LogP contribution in [0.15, 0.2) is 48.5 Å². The summed E-state index contributed by atoms with van der Waals surface area (Å²) in [5, 5.41) is 11.9. The zero-order valence-electron chi connectivity index (χ0n) is 15.4. The zero-order chi connectivity index (χ0) is 18.5. The minimum atomic E-state index is 0.0948. The van der Waals surface area contributed by atoms with Gasteiger partial charge in [-0.1, -0.05) is 30.3 Å². The molecule has 0 atom stereocenters. The lowest BCUT2D eigenvalue weighted by Gasteiger charge is -2.20. The minimum absolute atomic E-state index is 0.0948. The fourth-order valence-corrected chi connectivity index (χ4v) is 2.91. The molecule has 3 aromatic rings. The van der Waals surface area contributed by atoms with E-state index in [0.717, 1.165) is 28.3 Å². The van der Waals surface area contributed by atoms with Gasteiger partial charge in [0.05, 0.1) is 5.69 Å². The number of anilines is 1. The summed E-state index contributed by atoms with van der Waals surface area (Å²) in [5.74, 6) is 0.857. The van der Waals surface area contributed by atoms with Crippen molar-refractivity contribution in [3.8, 4) is 5.69 Å². The number of carbonyl (C=O) groups is 1. The molecule has 0 saturated heterocycles. The monoisotopic (exact) mass is 349 g/mol. The summed E-state index contributed by atoms with van der Waals surface area (Å²) in [6, 6.07) is 15.9. The molecule has 134 valence electrons. The SMILES string of the molecule is Cc1ccc(C)c(N(C)C(=O)CCCc2nnnn2-c2ccccc2)c1. The van der Waals surface area contributed by atoms with Gasteiger partial charge >= 0.3 is 0 Å². The lowest BCUT2D eigenvalue weighted by Crippen LogP contribution is -2.26. The van der Waals surface area contributed by atoms with Crippen molar-refractivity contribution in [3.63, 3.8) is 0 Å². The molecule has 0 saturated carbocycles. The lowest BCUT2D eigenvalue weighted by atomic mass is 10.1. The van der Waals surface area contributed by atoms with Crippen LogP contribution in [0.4, 0.5) is 5.69 Å². The third kappa shape index (κ3) is 3.96. The fraction of sp³-hybridized carbons (Fsp3) is 0.300. The second kappa shape index (κ2) is 7.91. The molecule has 0 aliphatic rings. The molecule has 3 rings (SSSR count). The van der Waals surface area contributed by atoms with Gasteiger partial charge in [-0.3, -0.25) is 4.79 Å². The van der Waals surface area contributed by atoms with E-state index in [1.54, 1.807) is 9.58 Å². The van der Waals surface area contributed by atoms with E-state index < -0.39 is 0 Å². The standard InChI is InChI=1S/C20H23N5O/c1-15-12-13-16(2)18(14-15)24(3)20(26)11-7-10-19-21-22-23-25(19)17-8-5-4-6-9-17/h4-6,8-9,12-14H,7,10-11H2,1-3H3. The summed E-state index contributed by atoms with van der Waals surface area (Å²) in [6.45, 7) is 4.05. The Labute approximate surface area is 153 Å². The van der Waals surface area contributed by atoms with Gasteiger partial charge in [0.25, 0.3) is 0 Å². The van der Waals surface area contributed by atoms with Gasteiger partial charge in [-0.2, -0.15) is 4.68 Å². The fourth-order valence-electron chi connectivity index (χ4n) is 2.91. The average molecular weight is 349 g/mol. The van der Waals surface area contributed by atoms with Crippen LogP contribution in [0.5, 0.6) is 0 Å². The number of carbonyl (C=O) groups excluding carboxylic acids is 1. The third-order valence-corrected chi connectivity index (χ3v) is 4.43. The van der Waals surface area contributed by atoms with Crippen molar-refractivity contribution in [3.05, 3.63) is 65.5 Å². The summed E-state index contributed by atoms with van der Waals surface area (Å²) in [7, 11) is 1.83. The second-order valence-electron chi connectivity index (χ2n) is 6.44. The molecule has 26 heavy (non-hydrogen) atoms. The highest BCUT2D eigenvalue weighted by Gasteiger charge is 2.14. The summed E-state index contributed by atoms with van der Waals surface area (Å²) in [6.07, 6.45) is 1.79. The Kier molecular flexibility index (Phi) is 5.41. The number of benzene rings is 2. The van der Waals surface area contributed by atoms with E-state index in [1.165, 1.54) is 0 Å². The van der Waals surface area contributed by atoms with Gasteiger partial charge in [-0.25, -0.2) is 0 Å². The van der Waals surface area contributed by atoms with E-state index in [1.807, 2.05) is 63.4 Å². The van der Waals surface area contributed by atoms with Gasteiger partial charge in [0.2, 0.25) is 5.91 Å². The number of hydrogen-bond donors (Lipinski definition) is 0. The van der Waals surface area contributed by atoms with E-state index >= 15 is 0 Å². The largest absolute Gasteiger partial charge is 0.315 e. The van der Waals surface area contributed by atoms with Crippen LogP contribution < -0.4 is 4.90 Å². The van der Waals surface area contributed by atoms with E-state index in [9.17, 15) is 4.79 Å². The number of aromatic nitrogens is 4. The molecule has 0 aliphatic heterocycles. The van der Waals surface area contributed by atoms with Gasteiger partial charge in [0, 0.05) is 25.6 Å². The van der Waals surface area contributed by atoms with Crippen molar-refractivity contribution in [1.82, 2.24) is 20.2 Å². The van der Waals surface area contributed by atoms with Gasteiger partial charge in [0.15, 0.2) is 5.82 Å². The first-order valence-corrected chi connectivity index (χ1v) is 8.73. The normalized spacial score (nSPS) is 10.7. The number of aryl methyl sites for hydroxylation is 3. The van der Waals surface area contributed by atoms with Crippen molar-refractivity contribution < 1.29 is 4.79 Å². The Morgan fingerprint density at radius 3 is 2.65 bits per heavy atom. The summed E-state index contributed by atoms with van der Waals surface area (Å²) < 4.78 is 1.72. The van der Waals surface area contributed by atoms with Gasteiger partial charge < -0.3 is 4.90 Å². The number of nitrogens with zero attached hydrogens (tertiary/aromatic N) is 5. The smallest absolute Gasteiger partial charge is 0.226 e. The third-order valence-electron chi connectivity index (χ3n) is 4.43. The molecule has 0 fully saturated rings. The van der Waals surface area contributed by atoms with E-state index in [0.29, 0.717) is 19.3 Å². The molecule has 0 unspecified atom stereocenters. The zero-order valence-corrected chi connectivity index (χ0v) is 15.4. The molecule has 0 spiro atoms. The molecule has 0 aliphatic carbocycles. The van der Waals surface area contributed by atoms with E-state index in [4.69, 9.17) is 0 Å². The maximum absolute atomic E-state index is 12.6. The molecule has 0 bridgehead atoms. The van der Waals surface area contributed by atoms with Gasteiger partial charge in [-0.05, 0) is 60.0 Å². The lowest BCUT2D eigenvalue weighted by molar-refractivity contribution is -0.118. The number of hydrogen-bond acceptors (Lipinski definition) is 4. The van der Waals surface area contributed by atoms with Gasteiger partial charge in [0.1, 0.15) is 0 Å².